The van der Waals surface area contributed by atoms with E-state index >= 15 is 0 Å². The maximum Gasteiger partial charge on any atom is 0.361 e. The Labute approximate surface area is 434 Å². The van der Waals surface area contributed by atoms with E-state index in [1.165, 1.54) is 238 Å². The monoisotopic (exact) mass is 993 g/mol. The number of ether oxygens (including phenoxy) is 4. The molecule has 0 bridgehead atoms. The number of quaternary nitrogens is 1. The highest BCUT2D eigenvalue weighted by atomic mass is 16.7. The number of hydrogen-bond acceptors (Lipinski definition) is 7. The van der Waals surface area contributed by atoms with E-state index in [-0.39, 0.29) is 38.2 Å². The number of rotatable bonds is 57. The third kappa shape index (κ3) is 53.8. The summed E-state index contributed by atoms with van der Waals surface area (Å²) in [4.78, 5) is 37.0. The van der Waals surface area contributed by atoms with Gasteiger partial charge < -0.3 is 28.5 Å². The van der Waals surface area contributed by atoms with Gasteiger partial charge in [-0.3, -0.25) is 9.59 Å². The predicted octanol–water partition coefficient (Wildman–Crippen LogP) is 17.7. The van der Waals surface area contributed by atoms with E-state index < -0.39 is 18.4 Å². The Bertz CT molecular complexity index is 1150. The van der Waals surface area contributed by atoms with Crippen LogP contribution in [0.5, 0.6) is 0 Å². The number of likely N-dealkylation sites (N-methyl/N-ethyl adjacent to an activating group) is 1. The van der Waals surface area contributed by atoms with Crippen LogP contribution in [-0.2, 0) is 33.3 Å². The smallest absolute Gasteiger partial charge is 0.361 e. The molecule has 0 aromatic rings. The van der Waals surface area contributed by atoms with Crippen LogP contribution < -0.4 is 0 Å². The van der Waals surface area contributed by atoms with E-state index in [4.69, 9.17) is 18.9 Å². The zero-order valence-electron chi connectivity index (χ0n) is 47.2. The molecule has 0 spiro atoms. The molecular formula is C61H118NO8+. The van der Waals surface area contributed by atoms with E-state index in [9.17, 15) is 19.5 Å². The van der Waals surface area contributed by atoms with Crippen LogP contribution in [0.4, 0.5) is 0 Å². The van der Waals surface area contributed by atoms with Crippen LogP contribution in [0.3, 0.4) is 0 Å². The lowest BCUT2D eigenvalue weighted by molar-refractivity contribution is -0.870. The molecule has 0 aliphatic heterocycles. The fraction of sp³-hybridized carbons (Fsp3) is 0.918. The van der Waals surface area contributed by atoms with Gasteiger partial charge in [0, 0.05) is 12.8 Å². The molecule has 0 fully saturated rings. The molecule has 0 saturated carbocycles. The second-order valence-corrected chi connectivity index (χ2v) is 22.0. The number of carboxylic acid groups (broad SMARTS) is 1. The molecule has 2 atom stereocenters. The van der Waals surface area contributed by atoms with E-state index in [0.29, 0.717) is 17.4 Å². The highest BCUT2D eigenvalue weighted by molar-refractivity contribution is 5.71. The first-order chi connectivity index (χ1) is 34.1. The van der Waals surface area contributed by atoms with Crippen molar-refractivity contribution in [3.63, 3.8) is 0 Å². The summed E-state index contributed by atoms with van der Waals surface area (Å²) < 4.78 is 22.7. The van der Waals surface area contributed by atoms with E-state index in [1.807, 2.05) is 21.1 Å². The summed E-state index contributed by atoms with van der Waals surface area (Å²) >= 11 is 0. The molecule has 0 aliphatic carbocycles. The van der Waals surface area contributed by atoms with Gasteiger partial charge in [0.25, 0.3) is 6.29 Å². The normalized spacial score (nSPS) is 12.8. The molecule has 9 nitrogen and oxygen atoms in total. The lowest BCUT2D eigenvalue weighted by Crippen LogP contribution is -2.40. The average molecular weight is 994 g/mol. The molecule has 9 heteroatoms. The van der Waals surface area contributed by atoms with Crippen molar-refractivity contribution in [1.29, 1.82) is 0 Å². The van der Waals surface area contributed by atoms with Gasteiger partial charge in [-0.1, -0.05) is 264 Å². The van der Waals surface area contributed by atoms with Gasteiger partial charge in [-0.15, -0.1) is 0 Å². The largest absolute Gasteiger partial charge is 0.477 e. The summed E-state index contributed by atoms with van der Waals surface area (Å²) in [5.74, 6) is -2.00. The Morgan fingerprint density at radius 3 is 1.06 bits per heavy atom. The van der Waals surface area contributed by atoms with Crippen molar-refractivity contribution in [2.45, 2.75) is 315 Å². The second-order valence-electron chi connectivity index (χ2n) is 22.0. The number of unbranched alkanes of at least 4 members (excludes halogenated alkanes) is 40. The van der Waals surface area contributed by atoms with Gasteiger partial charge in [-0.25, -0.2) is 4.79 Å². The molecule has 2 unspecified atom stereocenters. The van der Waals surface area contributed by atoms with Crippen LogP contribution in [0.2, 0.25) is 0 Å². The van der Waals surface area contributed by atoms with Crippen molar-refractivity contribution in [1.82, 2.24) is 0 Å². The molecule has 414 valence electrons. The molecule has 0 aromatic heterocycles. The van der Waals surface area contributed by atoms with E-state index in [1.54, 1.807) is 0 Å². The number of carbonyl (C=O) groups excluding carboxylic acids is 2. The van der Waals surface area contributed by atoms with Crippen molar-refractivity contribution in [2.24, 2.45) is 0 Å². The van der Waals surface area contributed by atoms with Crippen LogP contribution in [-0.4, -0.2) is 87.4 Å². The molecule has 0 aromatic carbocycles. The topological polar surface area (TPSA) is 108 Å². The molecule has 0 amide bonds. The third-order valence-electron chi connectivity index (χ3n) is 13.8. The second kappa shape index (κ2) is 53.3. The minimum Gasteiger partial charge on any atom is -0.477 e. The number of allylic oxidation sites excluding steroid dienone is 2. The van der Waals surface area contributed by atoms with Crippen molar-refractivity contribution in [3.05, 3.63) is 12.2 Å². The fourth-order valence-electron chi connectivity index (χ4n) is 9.07. The number of aliphatic carboxylic acids is 1. The van der Waals surface area contributed by atoms with E-state index in [2.05, 4.69) is 26.0 Å². The molecule has 0 rings (SSSR count). The lowest BCUT2D eigenvalue weighted by Gasteiger charge is -2.25. The first-order valence-electron chi connectivity index (χ1n) is 30.4. The van der Waals surface area contributed by atoms with Crippen LogP contribution in [0.15, 0.2) is 12.2 Å². The standard InChI is InChI=1S/C61H117NO8/c1-6-8-10-12-14-15-16-17-18-19-20-21-22-23-24-25-26-27-28-29-30-31-32-33-34-35-36-37-38-39-40-41-42-43-44-45-46-48-50-52-59(64)70-57(55-68-58(63)51-49-47-13-11-9-7-2)56-69-61(60(65)66)67-54-53-62(3,4)5/h19-20,57,61H,6-18,21-56H2,1-5H3/p+1/b20-19-. The first kappa shape index (κ1) is 68.0. The van der Waals surface area contributed by atoms with Crippen molar-refractivity contribution >= 4 is 17.9 Å². The van der Waals surface area contributed by atoms with Crippen LogP contribution in [0.1, 0.15) is 303 Å². The van der Waals surface area contributed by atoms with Crippen molar-refractivity contribution < 1.29 is 42.9 Å². The highest BCUT2D eigenvalue weighted by Gasteiger charge is 2.25. The number of hydrogen-bond donors (Lipinski definition) is 1. The van der Waals surface area contributed by atoms with Gasteiger partial charge in [0.05, 0.1) is 34.4 Å². The summed E-state index contributed by atoms with van der Waals surface area (Å²) in [5.41, 5.74) is 0. The average Bonchev–Trinajstić information content (AvgIpc) is 3.33. The van der Waals surface area contributed by atoms with Crippen LogP contribution in [0.25, 0.3) is 0 Å². The molecular weight excluding hydrogens is 875 g/mol. The summed E-state index contributed by atoms with van der Waals surface area (Å²) in [6.07, 6.45) is 59.5. The lowest BCUT2D eigenvalue weighted by atomic mass is 10.0. The van der Waals surface area contributed by atoms with Gasteiger partial charge in [-0.2, -0.15) is 0 Å². The maximum absolute atomic E-state index is 12.8. The van der Waals surface area contributed by atoms with Gasteiger partial charge >= 0.3 is 17.9 Å². The summed E-state index contributed by atoms with van der Waals surface area (Å²) in [6.45, 7) is 4.84. The number of nitrogens with zero attached hydrogens (tertiary/aromatic N) is 1. The fourth-order valence-corrected chi connectivity index (χ4v) is 9.07. The Hall–Kier alpha value is -1.97. The molecule has 0 saturated heterocycles. The zero-order valence-corrected chi connectivity index (χ0v) is 47.2. The SMILES string of the molecule is CCCCCCCCCC/C=C\CCCCCCCCCCCCCCCCCCCCCCCCCCCCCC(=O)OC(COC(=O)CCCCCCCC)COC(OCC[N+](C)(C)C)C(=O)O. The Morgan fingerprint density at radius 1 is 0.414 bits per heavy atom. The molecule has 70 heavy (non-hydrogen) atoms. The first-order valence-corrected chi connectivity index (χ1v) is 30.4. The number of carbonyl (C=O) groups is 3. The third-order valence-corrected chi connectivity index (χ3v) is 13.8. The highest BCUT2D eigenvalue weighted by Crippen LogP contribution is 2.18. The van der Waals surface area contributed by atoms with Gasteiger partial charge in [0.1, 0.15) is 13.2 Å². The Balaban J connectivity index is 3.76. The maximum atomic E-state index is 12.8. The van der Waals surface area contributed by atoms with Crippen molar-refractivity contribution in [3.8, 4) is 0 Å². The zero-order chi connectivity index (χ0) is 51.3. The van der Waals surface area contributed by atoms with E-state index in [0.717, 1.165) is 38.5 Å². The Kier molecular flexibility index (Phi) is 51.8. The van der Waals surface area contributed by atoms with Gasteiger partial charge in [0.15, 0.2) is 6.10 Å². The number of esters is 2. The van der Waals surface area contributed by atoms with Crippen LogP contribution in [0, 0.1) is 0 Å². The summed E-state index contributed by atoms with van der Waals surface area (Å²) in [5, 5.41) is 9.63. The van der Waals surface area contributed by atoms with Gasteiger partial charge in [0.2, 0.25) is 0 Å². The molecule has 0 aliphatic rings. The van der Waals surface area contributed by atoms with Crippen LogP contribution >= 0.6 is 0 Å². The molecule has 1 N–H and O–H groups in total. The van der Waals surface area contributed by atoms with Gasteiger partial charge in [-0.05, 0) is 38.5 Å². The quantitative estimate of drug-likeness (QED) is 0.0211. The Morgan fingerprint density at radius 2 is 0.729 bits per heavy atom. The van der Waals surface area contributed by atoms with Crippen molar-refractivity contribution in [2.75, 3.05) is 47.5 Å². The summed E-state index contributed by atoms with van der Waals surface area (Å²) in [6, 6.07) is 0. The molecule has 0 heterocycles. The number of carboxylic acids is 1. The molecule has 0 radical (unpaired) electrons. The minimum absolute atomic E-state index is 0.176. The minimum atomic E-state index is -1.50. The predicted molar refractivity (Wildman–Crippen MR) is 295 cm³/mol. The summed E-state index contributed by atoms with van der Waals surface area (Å²) in [7, 11) is 5.96.